The number of carbonyl (C=O) groups excluding carboxylic acids is 3. The van der Waals surface area contributed by atoms with Crippen LogP contribution in [0.3, 0.4) is 0 Å². The highest BCUT2D eigenvalue weighted by atomic mass is 16.6. The van der Waals surface area contributed by atoms with Crippen molar-refractivity contribution in [2.75, 3.05) is 32.7 Å². The average molecular weight is 498 g/mol. The Kier molecular flexibility index (Phi) is 9.12. The molecule has 1 aromatic carbocycles. The monoisotopic (exact) mass is 497 g/mol. The number of fused-ring (bicyclic) bond motifs is 1. The molecule has 2 aliphatic heterocycles. The van der Waals surface area contributed by atoms with Crippen molar-refractivity contribution in [3.8, 4) is 0 Å². The number of aliphatic imine (C=N–C) groups is 1. The van der Waals surface area contributed by atoms with Gasteiger partial charge in [-0.05, 0) is 64.7 Å². The second-order valence-electron chi connectivity index (χ2n) is 10.3. The fourth-order valence-corrected chi connectivity index (χ4v) is 4.33. The highest BCUT2D eigenvalue weighted by molar-refractivity contribution is 6.06. The van der Waals surface area contributed by atoms with E-state index in [0.717, 1.165) is 37.9 Å². The predicted octanol–water partition coefficient (Wildman–Crippen LogP) is 3.85. The summed E-state index contributed by atoms with van der Waals surface area (Å²) >= 11 is 0. The number of likely N-dealkylation sites (tertiary alicyclic amines) is 1. The van der Waals surface area contributed by atoms with Crippen molar-refractivity contribution in [1.29, 1.82) is 0 Å². The average Bonchev–Trinajstić information content (AvgIpc) is 3.28. The minimum absolute atomic E-state index is 0.00251. The summed E-state index contributed by atoms with van der Waals surface area (Å²) in [6, 6.07) is 5.39. The third-order valence-electron chi connectivity index (χ3n) is 5.96. The van der Waals surface area contributed by atoms with Crippen molar-refractivity contribution in [2.45, 2.75) is 65.4 Å². The Morgan fingerprint density at radius 1 is 1.17 bits per heavy atom. The van der Waals surface area contributed by atoms with Crippen molar-refractivity contribution < 1.29 is 19.1 Å². The summed E-state index contributed by atoms with van der Waals surface area (Å²) in [6.07, 6.45) is 5.06. The quantitative estimate of drug-likeness (QED) is 0.529. The van der Waals surface area contributed by atoms with Gasteiger partial charge < -0.3 is 25.6 Å². The molecule has 3 amide bonds. The highest BCUT2D eigenvalue weighted by Gasteiger charge is 2.24. The minimum atomic E-state index is -0.555. The molecule has 2 aliphatic rings. The Labute approximate surface area is 213 Å². The third-order valence-corrected chi connectivity index (χ3v) is 5.96. The maximum Gasteiger partial charge on any atom is 0.407 e. The summed E-state index contributed by atoms with van der Waals surface area (Å²) in [5.74, 6) is 0.238. The van der Waals surface area contributed by atoms with E-state index in [1.165, 1.54) is 0 Å². The van der Waals surface area contributed by atoms with Gasteiger partial charge >= 0.3 is 6.09 Å². The lowest BCUT2D eigenvalue weighted by atomic mass is 10.0. The van der Waals surface area contributed by atoms with Crippen molar-refractivity contribution in [1.82, 2.24) is 15.1 Å². The smallest absolute Gasteiger partial charge is 0.407 e. The van der Waals surface area contributed by atoms with E-state index in [1.54, 1.807) is 17.0 Å². The van der Waals surface area contributed by atoms with Gasteiger partial charge in [0.25, 0.3) is 5.91 Å². The zero-order valence-corrected chi connectivity index (χ0v) is 21.9. The zero-order valence-electron chi connectivity index (χ0n) is 21.9. The molecule has 0 aromatic heterocycles. The van der Waals surface area contributed by atoms with Gasteiger partial charge in [0.2, 0.25) is 5.91 Å². The number of benzene rings is 1. The molecule has 0 bridgehead atoms. The number of hydrogen-bond acceptors (Lipinski definition) is 6. The molecule has 9 heteroatoms. The van der Waals surface area contributed by atoms with Crippen LogP contribution >= 0.6 is 0 Å². The first-order chi connectivity index (χ1) is 17.1. The van der Waals surface area contributed by atoms with E-state index < -0.39 is 11.7 Å². The first-order valence-electron chi connectivity index (χ1n) is 12.8. The van der Waals surface area contributed by atoms with Gasteiger partial charge in [0.05, 0.1) is 5.69 Å². The molecule has 9 nitrogen and oxygen atoms in total. The van der Waals surface area contributed by atoms with Crippen molar-refractivity contribution in [3.63, 3.8) is 0 Å². The summed E-state index contributed by atoms with van der Waals surface area (Å²) in [6.45, 7) is 10.5. The molecule has 2 heterocycles. The molecule has 1 saturated heterocycles. The normalized spacial score (nSPS) is 15.4. The van der Waals surface area contributed by atoms with Gasteiger partial charge in [-0.3, -0.25) is 9.59 Å². The van der Waals surface area contributed by atoms with Crippen LogP contribution in [0, 0.1) is 0 Å². The Morgan fingerprint density at radius 2 is 1.89 bits per heavy atom. The number of nitrogens with two attached hydrogens (primary N) is 1. The number of alkyl carbamates (subject to hydrolysis) is 1. The lowest BCUT2D eigenvalue weighted by Crippen LogP contribution is -2.37. The Bertz CT molecular complexity index is 1040. The van der Waals surface area contributed by atoms with E-state index in [1.807, 2.05) is 44.7 Å². The van der Waals surface area contributed by atoms with Crippen LogP contribution in [-0.2, 0) is 9.53 Å². The number of hydrogen-bond donors (Lipinski definition) is 2. The van der Waals surface area contributed by atoms with Gasteiger partial charge in [-0.25, -0.2) is 9.79 Å². The number of nitrogens with one attached hydrogen (secondary N) is 1. The van der Waals surface area contributed by atoms with Gasteiger partial charge in [0, 0.05) is 55.8 Å². The van der Waals surface area contributed by atoms with Crippen LogP contribution in [-0.4, -0.2) is 71.9 Å². The minimum Gasteiger partial charge on any atom is -0.444 e. The van der Waals surface area contributed by atoms with Gasteiger partial charge in [-0.1, -0.05) is 13.0 Å². The van der Waals surface area contributed by atoms with E-state index >= 15 is 0 Å². The van der Waals surface area contributed by atoms with Crippen LogP contribution in [0.2, 0.25) is 0 Å². The molecule has 0 radical (unpaired) electrons. The molecule has 36 heavy (non-hydrogen) atoms. The second-order valence-corrected chi connectivity index (χ2v) is 10.3. The molecule has 196 valence electrons. The number of amides is 3. The summed E-state index contributed by atoms with van der Waals surface area (Å²) in [5, 5.41) is 2.74. The molecular weight excluding hydrogens is 458 g/mol. The van der Waals surface area contributed by atoms with E-state index in [2.05, 4.69) is 10.3 Å². The van der Waals surface area contributed by atoms with Crippen molar-refractivity contribution in [2.24, 2.45) is 10.7 Å². The second kappa shape index (κ2) is 12.1. The van der Waals surface area contributed by atoms with E-state index in [4.69, 9.17) is 10.5 Å². The first kappa shape index (κ1) is 27.2. The predicted molar refractivity (Wildman–Crippen MR) is 141 cm³/mol. The number of amidine groups is 1. The van der Waals surface area contributed by atoms with Crippen LogP contribution in [0.4, 0.5) is 10.5 Å². The Morgan fingerprint density at radius 3 is 2.56 bits per heavy atom. The number of nitrogens with zero attached hydrogens (tertiary/aromatic N) is 3. The van der Waals surface area contributed by atoms with E-state index in [9.17, 15) is 14.4 Å². The standard InChI is InChI=1S/C27H39N5O4/c1-5-12-31(15-8-11-29-26(35)36-27(2,3)4)25(34)21-16-19-9-10-20(17-22(19)30-23(28)18-21)24(33)32-13-6-7-14-32/h9-10,16-17H,5-8,11-15,18H2,1-4H3,(H2,28,30)(H,29,35). The van der Waals surface area contributed by atoms with Crippen LogP contribution < -0.4 is 11.1 Å². The molecule has 0 aliphatic carbocycles. The summed E-state index contributed by atoms with van der Waals surface area (Å²) in [5.41, 5.74) is 8.14. The largest absolute Gasteiger partial charge is 0.444 e. The fraction of sp³-hybridized carbons (Fsp3) is 0.556. The van der Waals surface area contributed by atoms with Crippen molar-refractivity contribution >= 4 is 35.5 Å². The topological polar surface area (TPSA) is 117 Å². The molecule has 3 rings (SSSR count). The van der Waals surface area contributed by atoms with Crippen LogP contribution in [0.1, 0.15) is 75.7 Å². The Hall–Kier alpha value is -3.36. The molecule has 0 atom stereocenters. The van der Waals surface area contributed by atoms with E-state index in [-0.39, 0.29) is 18.2 Å². The van der Waals surface area contributed by atoms with Crippen LogP contribution in [0.25, 0.3) is 6.08 Å². The number of ether oxygens (including phenoxy) is 1. The molecule has 3 N–H and O–H groups in total. The first-order valence-corrected chi connectivity index (χ1v) is 12.8. The maximum absolute atomic E-state index is 13.4. The summed E-state index contributed by atoms with van der Waals surface area (Å²) < 4.78 is 5.26. The molecule has 0 spiro atoms. The maximum atomic E-state index is 13.4. The molecule has 0 saturated carbocycles. The SMILES string of the molecule is CCCN(CCCNC(=O)OC(C)(C)C)C(=O)C1=Cc2ccc(C(=O)N3CCCC3)cc2N=C(N)C1. The number of carbonyl (C=O) groups is 3. The lowest BCUT2D eigenvalue weighted by molar-refractivity contribution is -0.127. The molecular formula is C27H39N5O4. The summed E-state index contributed by atoms with van der Waals surface area (Å²) in [4.78, 5) is 46.3. The third kappa shape index (κ3) is 7.57. The molecule has 0 unspecified atom stereocenters. The molecule has 1 aromatic rings. The van der Waals surface area contributed by atoms with Gasteiger partial charge in [0.15, 0.2) is 0 Å². The highest BCUT2D eigenvalue weighted by Crippen LogP contribution is 2.29. The van der Waals surface area contributed by atoms with Gasteiger partial charge in [-0.15, -0.1) is 0 Å². The van der Waals surface area contributed by atoms with Gasteiger partial charge in [-0.2, -0.15) is 0 Å². The summed E-state index contributed by atoms with van der Waals surface area (Å²) in [7, 11) is 0. The van der Waals surface area contributed by atoms with Crippen molar-refractivity contribution in [3.05, 3.63) is 34.9 Å². The van der Waals surface area contributed by atoms with E-state index in [0.29, 0.717) is 48.7 Å². The fourth-order valence-electron chi connectivity index (χ4n) is 4.33. The van der Waals surface area contributed by atoms with Crippen LogP contribution in [0.5, 0.6) is 0 Å². The number of rotatable bonds is 8. The molecule has 1 fully saturated rings. The Balaban J connectivity index is 1.69. The zero-order chi connectivity index (χ0) is 26.3. The lowest BCUT2D eigenvalue weighted by Gasteiger charge is -2.24. The van der Waals surface area contributed by atoms with Gasteiger partial charge in [0.1, 0.15) is 11.4 Å². The van der Waals surface area contributed by atoms with Crippen LogP contribution in [0.15, 0.2) is 28.8 Å².